The lowest BCUT2D eigenvalue weighted by Crippen LogP contribution is -2.09. The molecule has 0 unspecified atom stereocenters. The van der Waals surface area contributed by atoms with Gasteiger partial charge in [-0.2, -0.15) is 8.42 Å². The minimum absolute atomic E-state index is 0.0289. The van der Waals surface area contributed by atoms with Gasteiger partial charge in [0.15, 0.2) is 0 Å². The molecule has 3 nitrogen and oxygen atoms in total. The van der Waals surface area contributed by atoms with Gasteiger partial charge in [0.25, 0.3) is 10.1 Å². The molecule has 0 aliphatic heterocycles. The molecule has 11 heavy (non-hydrogen) atoms. The van der Waals surface area contributed by atoms with Crippen molar-refractivity contribution in [1.29, 1.82) is 0 Å². The van der Waals surface area contributed by atoms with Crippen LogP contribution in [0.1, 0.15) is 20.3 Å². The zero-order chi connectivity index (χ0) is 8.74. The van der Waals surface area contributed by atoms with Crippen LogP contribution in [0.3, 0.4) is 0 Å². The van der Waals surface area contributed by atoms with Crippen LogP contribution in [-0.2, 0) is 14.3 Å². The van der Waals surface area contributed by atoms with Crippen molar-refractivity contribution >= 4 is 10.1 Å². The largest absolute Gasteiger partial charge is 0.268 e. The highest BCUT2D eigenvalue weighted by atomic mass is 32.2. The first-order chi connectivity index (χ1) is 5.12. The van der Waals surface area contributed by atoms with Crippen LogP contribution in [0.25, 0.3) is 0 Å². The third-order valence-corrected chi connectivity index (χ3v) is 2.33. The molecule has 0 saturated heterocycles. The summed E-state index contributed by atoms with van der Waals surface area (Å²) < 4.78 is 26.1. The third-order valence-electron chi connectivity index (χ3n) is 0.942. The van der Waals surface area contributed by atoms with Gasteiger partial charge in [0.05, 0.1) is 5.75 Å². The first-order valence-corrected chi connectivity index (χ1v) is 4.97. The molecule has 0 saturated carbocycles. The monoisotopic (exact) mass is 176 g/mol. The fourth-order valence-electron chi connectivity index (χ4n) is 0.500. The molecule has 0 aliphatic rings. The van der Waals surface area contributed by atoms with Gasteiger partial charge in [0.1, 0.15) is 6.61 Å². The van der Waals surface area contributed by atoms with Crippen molar-refractivity contribution in [2.45, 2.75) is 20.3 Å². The van der Waals surface area contributed by atoms with Gasteiger partial charge < -0.3 is 0 Å². The topological polar surface area (TPSA) is 43.4 Å². The van der Waals surface area contributed by atoms with E-state index in [1.54, 1.807) is 13.8 Å². The molecular formula is C7H12O3S. The zero-order valence-corrected chi connectivity index (χ0v) is 7.57. The zero-order valence-electron chi connectivity index (χ0n) is 6.75. The molecule has 0 aromatic rings. The van der Waals surface area contributed by atoms with Crippen molar-refractivity contribution in [2.24, 2.45) is 0 Å². The predicted octanol–water partition coefficient (Wildman–Crippen LogP) is 0.766. The molecule has 0 aromatic carbocycles. The van der Waals surface area contributed by atoms with Crippen LogP contribution in [0.15, 0.2) is 0 Å². The van der Waals surface area contributed by atoms with Crippen molar-refractivity contribution in [3.05, 3.63) is 0 Å². The Labute approximate surface area is 67.9 Å². The molecule has 64 valence electrons. The molecule has 4 heteroatoms. The van der Waals surface area contributed by atoms with E-state index in [1.807, 2.05) is 0 Å². The fraction of sp³-hybridized carbons (Fsp3) is 0.714. The molecule has 0 rings (SSSR count). The molecule has 0 N–H and O–H groups in total. The maximum Gasteiger partial charge on any atom is 0.268 e. The Bertz CT molecular complexity index is 243. The van der Waals surface area contributed by atoms with Crippen LogP contribution in [0, 0.1) is 11.8 Å². The molecule has 0 radical (unpaired) electrons. The maximum absolute atomic E-state index is 10.8. The Morgan fingerprint density at radius 3 is 2.55 bits per heavy atom. The van der Waals surface area contributed by atoms with E-state index in [4.69, 9.17) is 0 Å². The lowest BCUT2D eigenvalue weighted by molar-refractivity contribution is 0.363. The lowest BCUT2D eigenvalue weighted by atomic mass is 10.6. The molecule has 0 spiro atoms. The predicted molar refractivity (Wildman–Crippen MR) is 43.5 cm³/mol. The van der Waals surface area contributed by atoms with Crippen LogP contribution >= 0.6 is 0 Å². The second kappa shape index (κ2) is 5.16. The van der Waals surface area contributed by atoms with Gasteiger partial charge in [-0.15, -0.1) is 5.92 Å². The van der Waals surface area contributed by atoms with E-state index >= 15 is 0 Å². The second-order valence-electron chi connectivity index (χ2n) is 1.95. The van der Waals surface area contributed by atoms with E-state index < -0.39 is 10.1 Å². The van der Waals surface area contributed by atoms with E-state index in [0.717, 1.165) is 0 Å². The van der Waals surface area contributed by atoms with Crippen LogP contribution in [0.4, 0.5) is 0 Å². The molecule has 0 amide bonds. The van der Waals surface area contributed by atoms with Crippen LogP contribution in [0.5, 0.6) is 0 Å². The van der Waals surface area contributed by atoms with Gasteiger partial charge in [0.2, 0.25) is 0 Å². The lowest BCUT2D eigenvalue weighted by Gasteiger charge is -1.98. The number of hydrogen-bond donors (Lipinski definition) is 0. The molecule has 0 fully saturated rings. The highest BCUT2D eigenvalue weighted by Gasteiger charge is 2.06. The number of rotatable bonds is 4. The van der Waals surface area contributed by atoms with Gasteiger partial charge in [0, 0.05) is 0 Å². The Kier molecular flexibility index (Phi) is 4.92. The molecule has 0 aliphatic carbocycles. The summed E-state index contributed by atoms with van der Waals surface area (Å²) in [5.41, 5.74) is 0. The highest BCUT2D eigenvalue weighted by Crippen LogP contribution is 1.94. The molecule has 0 heterocycles. The van der Waals surface area contributed by atoms with Gasteiger partial charge in [-0.3, -0.25) is 4.18 Å². The van der Waals surface area contributed by atoms with Crippen molar-refractivity contribution in [3.63, 3.8) is 0 Å². The van der Waals surface area contributed by atoms with Gasteiger partial charge in [-0.1, -0.05) is 12.8 Å². The minimum Gasteiger partial charge on any atom is -0.257 e. The van der Waals surface area contributed by atoms with E-state index in [9.17, 15) is 8.42 Å². The van der Waals surface area contributed by atoms with E-state index in [-0.39, 0.29) is 12.4 Å². The Morgan fingerprint density at radius 1 is 1.45 bits per heavy atom. The van der Waals surface area contributed by atoms with E-state index in [0.29, 0.717) is 6.42 Å². The maximum atomic E-state index is 10.8. The van der Waals surface area contributed by atoms with Crippen LogP contribution in [0.2, 0.25) is 0 Å². The molecule has 0 atom stereocenters. The summed E-state index contributed by atoms with van der Waals surface area (Å²) in [5.74, 6) is 5.12. The quantitative estimate of drug-likeness (QED) is 0.469. The van der Waals surface area contributed by atoms with Crippen molar-refractivity contribution < 1.29 is 12.6 Å². The second-order valence-corrected chi connectivity index (χ2v) is 3.71. The van der Waals surface area contributed by atoms with Gasteiger partial charge in [-0.05, 0) is 13.3 Å². The van der Waals surface area contributed by atoms with Crippen molar-refractivity contribution in [3.8, 4) is 11.8 Å². The molecule has 0 bridgehead atoms. The first kappa shape index (κ1) is 10.5. The smallest absolute Gasteiger partial charge is 0.257 e. The summed E-state index contributed by atoms with van der Waals surface area (Å²) in [6.45, 7) is 3.39. The van der Waals surface area contributed by atoms with Gasteiger partial charge in [-0.25, -0.2) is 0 Å². The van der Waals surface area contributed by atoms with Crippen LogP contribution < -0.4 is 0 Å². The van der Waals surface area contributed by atoms with Crippen molar-refractivity contribution in [2.75, 3.05) is 12.4 Å². The summed E-state index contributed by atoms with van der Waals surface area (Å²) >= 11 is 0. The fourth-order valence-corrected chi connectivity index (χ4v) is 1.36. The SMILES string of the molecule is CC#CCOS(=O)(=O)CCC. The number of hydrogen-bond acceptors (Lipinski definition) is 3. The highest BCUT2D eigenvalue weighted by molar-refractivity contribution is 7.86. The van der Waals surface area contributed by atoms with Crippen molar-refractivity contribution in [1.82, 2.24) is 0 Å². The molecule has 0 aromatic heterocycles. The van der Waals surface area contributed by atoms with Crippen LogP contribution in [-0.4, -0.2) is 20.8 Å². The summed E-state index contributed by atoms with van der Waals surface area (Å²) in [5, 5.41) is 0. The average molecular weight is 176 g/mol. The Balaban J connectivity index is 3.80. The summed E-state index contributed by atoms with van der Waals surface area (Å²) in [6.07, 6.45) is 0.571. The minimum atomic E-state index is -3.31. The summed E-state index contributed by atoms with van der Waals surface area (Å²) in [6, 6.07) is 0. The standard InChI is InChI=1S/C7H12O3S/c1-3-5-6-10-11(8,9)7-4-2/h4,6-7H2,1-2H3. The summed E-state index contributed by atoms with van der Waals surface area (Å²) in [7, 11) is -3.31. The Morgan fingerprint density at radius 2 is 2.09 bits per heavy atom. The summed E-state index contributed by atoms with van der Waals surface area (Å²) in [4.78, 5) is 0. The van der Waals surface area contributed by atoms with E-state index in [1.165, 1.54) is 0 Å². The van der Waals surface area contributed by atoms with Gasteiger partial charge >= 0.3 is 0 Å². The van der Waals surface area contributed by atoms with E-state index in [2.05, 4.69) is 16.0 Å². The normalized spacial score (nSPS) is 10.4. The third kappa shape index (κ3) is 5.89. The first-order valence-electron chi connectivity index (χ1n) is 3.39. The average Bonchev–Trinajstić information content (AvgIpc) is 1.87. The molecular weight excluding hydrogens is 164 g/mol. The Hall–Kier alpha value is -0.530.